The molecule has 0 spiro atoms. The summed E-state index contributed by atoms with van der Waals surface area (Å²) < 4.78 is 4.91. The van der Waals surface area contributed by atoms with E-state index in [2.05, 4.69) is 13.2 Å². The summed E-state index contributed by atoms with van der Waals surface area (Å²) in [5, 5.41) is 0.942. The van der Waals surface area contributed by atoms with Gasteiger partial charge in [0.1, 0.15) is 0 Å². The predicted octanol–water partition coefficient (Wildman–Crippen LogP) is 1.32. The highest BCUT2D eigenvalue weighted by atomic mass is 16.7. The number of ether oxygens (including phenoxy) is 1. The van der Waals surface area contributed by atoms with Crippen molar-refractivity contribution >= 4 is 11.9 Å². The van der Waals surface area contributed by atoms with Crippen molar-refractivity contribution < 1.29 is 19.2 Å². The number of rotatable bonds is 7. The quantitative estimate of drug-likeness (QED) is 0.292. The molecule has 1 amide bonds. The van der Waals surface area contributed by atoms with E-state index >= 15 is 0 Å². The van der Waals surface area contributed by atoms with E-state index in [0.29, 0.717) is 0 Å². The van der Waals surface area contributed by atoms with E-state index in [9.17, 15) is 9.59 Å². The van der Waals surface area contributed by atoms with Crippen LogP contribution < -0.4 is 0 Å². The lowest BCUT2D eigenvalue weighted by Crippen LogP contribution is -2.47. The van der Waals surface area contributed by atoms with Gasteiger partial charge in [-0.25, -0.2) is 9.86 Å². The van der Waals surface area contributed by atoms with Crippen molar-refractivity contribution in [1.82, 2.24) is 5.06 Å². The summed E-state index contributed by atoms with van der Waals surface area (Å²) in [5.74, 6) is -1.32. The number of esters is 1. The van der Waals surface area contributed by atoms with Crippen molar-refractivity contribution in [3.8, 4) is 0 Å². The minimum Gasteiger partial charge on any atom is -0.464 e. The molecule has 5 nitrogen and oxygen atoms in total. The van der Waals surface area contributed by atoms with E-state index in [-0.39, 0.29) is 12.5 Å². The lowest BCUT2D eigenvalue weighted by atomic mass is 10.0. The van der Waals surface area contributed by atoms with E-state index < -0.39 is 17.9 Å². The molecule has 0 aromatic rings. The summed E-state index contributed by atoms with van der Waals surface area (Å²) in [4.78, 5) is 28.3. The molecule has 0 aromatic heterocycles. The van der Waals surface area contributed by atoms with Crippen LogP contribution in [0.15, 0.2) is 25.3 Å². The summed E-state index contributed by atoms with van der Waals surface area (Å²) >= 11 is 0. The van der Waals surface area contributed by atoms with Crippen LogP contribution in [-0.4, -0.2) is 36.7 Å². The number of hydrogen-bond donors (Lipinski definition) is 0. The van der Waals surface area contributed by atoms with Gasteiger partial charge in [0.25, 0.3) is 5.91 Å². The van der Waals surface area contributed by atoms with Gasteiger partial charge in [0.05, 0.1) is 13.7 Å². The maximum Gasteiger partial charge on any atom is 0.332 e. The zero-order valence-corrected chi connectivity index (χ0v) is 10.5. The van der Waals surface area contributed by atoms with Gasteiger partial charge in [-0.05, 0) is 13.0 Å². The van der Waals surface area contributed by atoms with Gasteiger partial charge >= 0.3 is 5.97 Å². The first kappa shape index (κ1) is 15.4. The van der Waals surface area contributed by atoms with Crippen LogP contribution in [0.5, 0.6) is 0 Å². The zero-order chi connectivity index (χ0) is 13.4. The Bertz CT molecular complexity index is 301. The zero-order valence-electron chi connectivity index (χ0n) is 10.5. The largest absolute Gasteiger partial charge is 0.464 e. The molecule has 0 N–H and O–H groups in total. The van der Waals surface area contributed by atoms with E-state index in [1.807, 2.05) is 0 Å². The van der Waals surface area contributed by atoms with Gasteiger partial charge in [-0.2, -0.15) is 0 Å². The molecule has 0 rings (SSSR count). The summed E-state index contributed by atoms with van der Waals surface area (Å²) in [5.41, 5.74) is 0. The van der Waals surface area contributed by atoms with Crippen molar-refractivity contribution in [3.05, 3.63) is 25.3 Å². The van der Waals surface area contributed by atoms with Crippen molar-refractivity contribution in [2.75, 3.05) is 13.7 Å². The molecule has 0 heterocycles. The van der Waals surface area contributed by atoms with Crippen LogP contribution >= 0.6 is 0 Å². The van der Waals surface area contributed by atoms with Crippen LogP contribution in [0, 0.1) is 5.92 Å². The number of carbonyl (C=O) groups is 2. The molecule has 0 aliphatic rings. The molecule has 0 bridgehead atoms. The molecule has 0 fully saturated rings. The fourth-order valence-electron chi connectivity index (χ4n) is 1.31. The Balaban J connectivity index is 5.12. The molecule has 5 heteroatoms. The molecule has 0 aliphatic heterocycles. The standard InChI is InChI=1S/C12H19NO4/c1-6-9(4)11(12(15)17-8-3)13(16-5)10(14)7-2/h6-7,9,11H,1-2,8H2,3-5H3. The van der Waals surface area contributed by atoms with Gasteiger partial charge in [-0.15, -0.1) is 6.58 Å². The monoisotopic (exact) mass is 241 g/mol. The number of hydrogen-bond acceptors (Lipinski definition) is 4. The predicted molar refractivity (Wildman–Crippen MR) is 63.8 cm³/mol. The van der Waals surface area contributed by atoms with Crippen LogP contribution in [0.4, 0.5) is 0 Å². The first-order valence-corrected chi connectivity index (χ1v) is 5.32. The van der Waals surface area contributed by atoms with Crippen molar-refractivity contribution in [2.45, 2.75) is 19.9 Å². The third kappa shape index (κ3) is 4.03. The number of amides is 1. The van der Waals surface area contributed by atoms with Crippen LogP contribution in [0.3, 0.4) is 0 Å². The summed E-state index contributed by atoms with van der Waals surface area (Å²) in [6.07, 6.45) is 2.63. The Kier molecular flexibility index (Phi) is 6.89. The molecular weight excluding hydrogens is 222 g/mol. The lowest BCUT2D eigenvalue weighted by Gasteiger charge is -2.29. The highest BCUT2D eigenvalue weighted by molar-refractivity contribution is 5.90. The minimum absolute atomic E-state index is 0.235. The Morgan fingerprint density at radius 3 is 2.35 bits per heavy atom. The normalized spacial score (nSPS) is 13.4. The average molecular weight is 241 g/mol. The van der Waals surface area contributed by atoms with E-state index in [1.165, 1.54) is 7.11 Å². The number of nitrogens with zero attached hydrogens (tertiary/aromatic N) is 1. The van der Waals surface area contributed by atoms with Gasteiger partial charge in [0.2, 0.25) is 0 Å². The van der Waals surface area contributed by atoms with Crippen molar-refractivity contribution in [1.29, 1.82) is 0 Å². The highest BCUT2D eigenvalue weighted by Gasteiger charge is 2.34. The van der Waals surface area contributed by atoms with Crippen molar-refractivity contribution in [2.24, 2.45) is 5.92 Å². The third-order valence-electron chi connectivity index (χ3n) is 2.24. The Morgan fingerprint density at radius 1 is 1.41 bits per heavy atom. The first-order valence-electron chi connectivity index (χ1n) is 5.32. The molecule has 2 atom stereocenters. The number of carbonyl (C=O) groups excluding carboxylic acids is 2. The molecular formula is C12H19NO4. The maximum atomic E-state index is 11.8. The Morgan fingerprint density at radius 2 is 2.00 bits per heavy atom. The summed E-state index contributed by atoms with van der Waals surface area (Å²) in [7, 11) is 1.31. The van der Waals surface area contributed by atoms with Gasteiger partial charge in [0.15, 0.2) is 6.04 Å². The second-order valence-corrected chi connectivity index (χ2v) is 3.34. The van der Waals surface area contributed by atoms with E-state index in [0.717, 1.165) is 11.1 Å². The third-order valence-corrected chi connectivity index (χ3v) is 2.24. The number of hydroxylamine groups is 2. The van der Waals surface area contributed by atoms with Crippen molar-refractivity contribution in [3.63, 3.8) is 0 Å². The van der Waals surface area contributed by atoms with Gasteiger partial charge in [-0.3, -0.25) is 9.63 Å². The highest BCUT2D eigenvalue weighted by Crippen LogP contribution is 2.15. The average Bonchev–Trinajstić information content (AvgIpc) is 2.34. The molecule has 0 saturated heterocycles. The lowest BCUT2D eigenvalue weighted by molar-refractivity contribution is -0.198. The van der Waals surface area contributed by atoms with Crippen LogP contribution in [-0.2, 0) is 19.2 Å². The van der Waals surface area contributed by atoms with Crippen LogP contribution in [0.25, 0.3) is 0 Å². The van der Waals surface area contributed by atoms with Gasteiger partial charge < -0.3 is 4.74 Å². The second kappa shape index (κ2) is 7.62. The summed E-state index contributed by atoms with van der Waals surface area (Å²) in [6.45, 7) is 10.6. The van der Waals surface area contributed by atoms with Crippen LogP contribution in [0.2, 0.25) is 0 Å². The summed E-state index contributed by atoms with van der Waals surface area (Å²) in [6, 6.07) is -0.858. The van der Waals surface area contributed by atoms with Crippen LogP contribution in [0.1, 0.15) is 13.8 Å². The molecule has 17 heavy (non-hydrogen) atoms. The first-order chi connectivity index (χ1) is 8.03. The fraction of sp³-hybridized carbons (Fsp3) is 0.500. The molecule has 0 saturated carbocycles. The molecule has 0 radical (unpaired) electrons. The Labute approximate surface area is 102 Å². The minimum atomic E-state index is -0.858. The fourth-order valence-corrected chi connectivity index (χ4v) is 1.31. The SMILES string of the molecule is C=CC(=O)N(OC)C(C(=O)OCC)C(C)C=C. The van der Waals surface area contributed by atoms with E-state index in [4.69, 9.17) is 9.57 Å². The smallest absolute Gasteiger partial charge is 0.332 e. The molecule has 0 aliphatic carbocycles. The molecule has 0 aromatic carbocycles. The van der Waals surface area contributed by atoms with Gasteiger partial charge in [-0.1, -0.05) is 19.6 Å². The van der Waals surface area contributed by atoms with Gasteiger partial charge in [0, 0.05) is 5.92 Å². The Hall–Kier alpha value is -1.62. The maximum absolute atomic E-state index is 11.8. The molecule has 2 unspecified atom stereocenters. The molecule has 96 valence electrons. The topological polar surface area (TPSA) is 55.8 Å². The van der Waals surface area contributed by atoms with E-state index in [1.54, 1.807) is 19.9 Å². The second-order valence-electron chi connectivity index (χ2n) is 3.34.